The van der Waals surface area contributed by atoms with Crippen LogP contribution in [0.15, 0.2) is 12.2 Å². The predicted octanol–water partition coefficient (Wildman–Crippen LogP) is 2.36. The van der Waals surface area contributed by atoms with Crippen molar-refractivity contribution in [3.05, 3.63) is 12.2 Å². The van der Waals surface area contributed by atoms with E-state index in [4.69, 9.17) is 0 Å². The van der Waals surface area contributed by atoms with E-state index in [1.165, 1.54) is 24.8 Å². The first-order chi connectivity index (χ1) is 3.73. The number of allylic oxidation sites excluding steroid dienone is 1. The molecule has 0 aromatic carbocycles. The van der Waals surface area contributed by atoms with Crippen molar-refractivity contribution in [2.75, 3.05) is 0 Å². The molecule has 2 saturated carbocycles. The van der Waals surface area contributed by atoms with Crippen LogP contribution in [0.5, 0.6) is 0 Å². The van der Waals surface area contributed by atoms with E-state index < -0.39 is 0 Å². The molecule has 8 heavy (non-hydrogen) atoms. The summed E-state index contributed by atoms with van der Waals surface area (Å²) in [5.74, 6) is 1.04. The Morgan fingerprint density at radius 3 is 2.62 bits per heavy atom. The largest absolute Gasteiger partial charge is 0.0993 e. The van der Waals surface area contributed by atoms with E-state index in [-0.39, 0.29) is 0 Å². The SMILES string of the molecule is C=C1CC[C@H]2C[C@@]12C. The van der Waals surface area contributed by atoms with Gasteiger partial charge in [0.15, 0.2) is 0 Å². The number of fused-ring (bicyclic) bond motifs is 1. The molecule has 0 amide bonds. The van der Waals surface area contributed by atoms with Crippen LogP contribution in [0, 0.1) is 11.3 Å². The first-order valence-corrected chi connectivity index (χ1v) is 3.42. The van der Waals surface area contributed by atoms with Crippen LogP contribution in [0.2, 0.25) is 0 Å². The molecule has 2 aliphatic rings. The Morgan fingerprint density at radius 1 is 1.75 bits per heavy atom. The molecule has 0 radical (unpaired) electrons. The normalized spacial score (nSPS) is 51.6. The van der Waals surface area contributed by atoms with Crippen molar-refractivity contribution in [1.82, 2.24) is 0 Å². The monoisotopic (exact) mass is 108 g/mol. The minimum absolute atomic E-state index is 0.625. The molecule has 0 unspecified atom stereocenters. The molecule has 0 bridgehead atoms. The first kappa shape index (κ1) is 4.60. The molecule has 0 aromatic rings. The van der Waals surface area contributed by atoms with Crippen molar-refractivity contribution in [2.45, 2.75) is 26.2 Å². The molecule has 0 heterocycles. The quantitative estimate of drug-likeness (QED) is 0.418. The summed E-state index contributed by atoms with van der Waals surface area (Å²) in [6.45, 7) is 6.40. The van der Waals surface area contributed by atoms with E-state index in [1.807, 2.05) is 0 Å². The van der Waals surface area contributed by atoms with Gasteiger partial charge in [0.2, 0.25) is 0 Å². The molecule has 0 aromatic heterocycles. The Bertz CT molecular complexity index is 144. The van der Waals surface area contributed by atoms with Crippen LogP contribution in [0.4, 0.5) is 0 Å². The van der Waals surface area contributed by atoms with Crippen LogP contribution >= 0.6 is 0 Å². The summed E-state index contributed by atoms with van der Waals surface area (Å²) in [5.41, 5.74) is 2.14. The van der Waals surface area contributed by atoms with Crippen LogP contribution < -0.4 is 0 Å². The third-order valence-corrected chi connectivity index (χ3v) is 3.01. The Morgan fingerprint density at radius 2 is 2.50 bits per heavy atom. The molecule has 0 N–H and O–H groups in total. The molecule has 0 heteroatoms. The summed E-state index contributed by atoms with van der Waals surface area (Å²) in [6, 6.07) is 0. The van der Waals surface area contributed by atoms with Crippen LogP contribution in [-0.2, 0) is 0 Å². The molecule has 2 rings (SSSR count). The molecular formula is C8H12. The summed E-state index contributed by atoms with van der Waals surface area (Å²) in [6.07, 6.45) is 4.17. The van der Waals surface area contributed by atoms with Gasteiger partial charge < -0.3 is 0 Å². The zero-order valence-electron chi connectivity index (χ0n) is 5.41. The highest BCUT2D eigenvalue weighted by molar-refractivity contribution is 5.26. The fourth-order valence-electron chi connectivity index (χ4n) is 1.94. The fourth-order valence-corrected chi connectivity index (χ4v) is 1.94. The van der Waals surface area contributed by atoms with Gasteiger partial charge in [-0.15, -0.1) is 0 Å². The number of hydrogen-bond acceptors (Lipinski definition) is 0. The van der Waals surface area contributed by atoms with Crippen molar-refractivity contribution in [2.24, 2.45) is 11.3 Å². The van der Waals surface area contributed by atoms with Crippen LogP contribution in [-0.4, -0.2) is 0 Å². The first-order valence-electron chi connectivity index (χ1n) is 3.42. The molecule has 44 valence electrons. The standard InChI is InChI=1S/C8H12/c1-6-3-4-7-5-8(6,7)2/h7H,1,3-5H2,2H3/t7-,8-/m0/s1. The topological polar surface area (TPSA) is 0 Å². The maximum atomic E-state index is 4.05. The van der Waals surface area contributed by atoms with Gasteiger partial charge in [-0.25, -0.2) is 0 Å². The lowest BCUT2D eigenvalue weighted by atomic mass is 10.0. The van der Waals surface area contributed by atoms with E-state index in [2.05, 4.69) is 13.5 Å². The predicted molar refractivity (Wildman–Crippen MR) is 34.6 cm³/mol. The van der Waals surface area contributed by atoms with Crippen molar-refractivity contribution in [3.63, 3.8) is 0 Å². The maximum absolute atomic E-state index is 4.05. The molecule has 2 aliphatic carbocycles. The lowest BCUT2D eigenvalue weighted by molar-refractivity contribution is 0.666. The average Bonchev–Trinajstić information content (AvgIpc) is 2.31. The fraction of sp³-hybridized carbons (Fsp3) is 0.750. The minimum atomic E-state index is 0.625. The minimum Gasteiger partial charge on any atom is -0.0993 e. The molecule has 0 saturated heterocycles. The van der Waals surface area contributed by atoms with E-state index >= 15 is 0 Å². The van der Waals surface area contributed by atoms with Crippen molar-refractivity contribution in [3.8, 4) is 0 Å². The third-order valence-electron chi connectivity index (χ3n) is 3.01. The molecule has 2 atom stereocenters. The van der Waals surface area contributed by atoms with Crippen LogP contribution in [0.1, 0.15) is 26.2 Å². The summed E-state index contributed by atoms with van der Waals surface area (Å²) in [7, 11) is 0. The zero-order valence-corrected chi connectivity index (χ0v) is 5.41. The lowest BCUT2D eigenvalue weighted by Gasteiger charge is -2.03. The second-order valence-electron chi connectivity index (χ2n) is 3.46. The highest BCUT2D eigenvalue weighted by atomic mass is 14.6. The van der Waals surface area contributed by atoms with Gasteiger partial charge in [0.25, 0.3) is 0 Å². The average molecular weight is 108 g/mol. The smallest absolute Gasteiger partial charge is 0.00874 e. The summed E-state index contributed by atoms with van der Waals surface area (Å²) < 4.78 is 0. The Labute approximate surface area is 50.6 Å². The van der Waals surface area contributed by atoms with Gasteiger partial charge in [-0.3, -0.25) is 0 Å². The van der Waals surface area contributed by atoms with Gasteiger partial charge in [-0.05, 0) is 30.6 Å². The molecule has 0 spiro atoms. The van der Waals surface area contributed by atoms with Gasteiger partial charge in [-0.2, -0.15) is 0 Å². The van der Waals surface area contributed by atoms with Crippen molar-refractivity contribution in [1.29, 1.82) is 0 Å². The Balaban J connectivity index is 2.31. The van der Waals surface area contributed by atoms with E-state index in [0.717, 1.165) is 5.92 Å². The lowest BCUT2D eigenvalue weighted by Crippen LogP contribution is -1.91. The second-order valence-corrected chi connectivity index (χ2v) is 3.46. The highest BCUT2D eigenvalue weighted by Crippen LogP contribution is 2.65. The summed E-state index contributed by atoms with van der Waals surface area (Å²) in [5, 5.41) is 0. The molecule has 0 aliphatic heterocycles. The van der Waals surface area contributed by atoms with Gasteiger partial charge in [-0.1, -0.05) is 19.1 Å². The second kappa shape index (κ2) is 1.02. The number of hydrogen-bond donors (Lipinski definition) is 0. The van der Waals surface area contributed by atoms with Gasteiger partial charge >= 0.3 is 0 Å². The van der Waals surface area contributed by atoms with Crippen molar-refractivity contribution >= 4 is 0 Å². The Kier molecular flexibility index (Phi) is 0.588. The summed E-state index contributed by atoms with van der Waals surface area (Å²) >= 11 is 0. The van der Waals surface area contributed by atoms with Gasteiger partial charge in [0, 0.05) is 0 Å². The molecular weight excluding hydrogens is 96.1 g/mol. The highest BCUT2D eigenvalue weighted by Gasteiger charge is 2.55. The molecule has 0 nitrogen and oxygen atoms in total. The molecule has 2 fully saturated rings. The van der Waals surface area contributed by atoms with E-state index in [0.29, 0.717) is 5.41 Å². The number of rotatable bonds is 0. The van der Waals surface area contributed by atoms with Crippen LogP contribution in [0.25, 0.3) is 0 Å². The van der Waals surface area contributed by atoms with Crippen LogP contribution in [0.3, 0.4) is 0 Å². The zero-order chi connectivity index (χ0) is 5.78. The van der Waals surface area contributed by atoms with Crippen molar-refractivity contribution < 1.29 is 0 Å². The maximum Gasteiger partial charge on any atom is -0.00874 e. The van der Waals surface area contributed by atoms with E-state index in [1.54, 1.807) is 0 Å². The van der Waals surface area contributed by atoms with Gasteiger partial charge in [0.05, 0.1) is 0 Å². The van der Waals surface area contributed by atoms with E-state index in [9.17, 15) is 0 Å². The Hall–Kier alpha value is -0.260. The van der Waals surface area contributed by atoms with Gasteiger partial charge in [0.1, 0.15) is 0 Å². The third kappa shape index (κ3) is 0.331. The summed E-state index contributed by atoms with van der Waals surface area (Å²) in [4.78, 5) is 0.